The van der Waals surface area contributed by atoms with Crippen LogP contribution >= 0.6 is 0 Å². The van der Waals surface area contributed by atoms with Crippen LogP contribution in [0.5, 0.6) is 11.5 Å². The van der Waals surface area contributed by atoms with Gasteiger partial charge in [0, 0.05) is 36.9 Å². The fraction of sp³-hybridized carbons (Fsp3) is 0.310. The van der Waals surface area contributed by atoms with Crippen molar-refractivity contribution in [1.29, 1.82) is 0 Å². The van der Waals surface area contributed by atoms with Gasteiger partial charge in [0.1, 0.15) is 5.76 Å². The van der Waals surface area contributed by atoms with Crippen molar-refractivity contribution in [2.24, 2.45) is 5.92 Å². The summed E-state index contributed by atoms with van der Waals surface area (Å²) in [4.78, 5) is 36.1. The molecule has 2 aromatic heterocycles. The molecule has 1 unspecified atom stereocenters. The maximum Gasteiger partial charge on any atom is 0.295 e. The van der Waals surface area contributed by atoms with Crippen LogP contribution in [0.4, 0.5) is 0 Å². The van der Waals surface area contributed by atoms with Gasteiger partial charge in [0.2, 0.25) is 0 Å². The van der Waals surface area contributed by atoms with Crippen LogP contribution in [0.2, 0.25) is 0 Å². The Morgan fingerprint density at radius 1 is 1.03 bits per heavy atom. The van der Waals surface area contributed by atoms with Gasteiger partial charge in [-0.2, -0.15) is 0 Å². The molecule has 0 bridgehead atoms. The minimum Gasteiger partial charge on any atom is -0.507 e. The number of likely N-dealkylation sites (tertiary alicyclic amines) is 1. The van der Waals surface area contributed by atoms with Crippen molar-refractivity contribution in [3.8, 4) is 11.5 Å². The number of ether oxygens (including phenoxy) is 2. The zero-order chi connectivity index (χ0) is 26.4. The minimum absolute atomic E-state index is 0.0102. The van der Waals surface area contributed by atoms with Crippen LogP contribution in [0, 0.1) is 5.92 Å². The molecule has 1 aromatic carbocycles. The largest absolute Gasteiger partial charge is 0.507 e. The molecular weight excluding hydrogens is 470 g/mol. The van der Waals surface area contributed by atoms with E-state index in [9.17, 15) is 14.7 Å². The summed E-state index contributed by atoms with van der Waals surface area (Å²) in [5.41, 5.74) is 1.80. The van der Waals surface area contributed by atoms with Crippen molar-refractivity contribution in [1.82, 2.24) is 14.9 Å². The van der Waals surface area contributed by atoms with E-state index in [0.717, 1.165) is 12.0 Å². The van der Waals surface area contributed by atoms with Gasteiger partial charge in [-0.15, -0.1) is 0 Å². The van der Waals surface area contributed by atoms with Gasteiger partial charge in [-0.3, -0.25) is 19.6 Å². The summed E-state index contributed by atoms with van der Waals surface area (Å²) in [6.07, 6.45) is 7.23. The zero-order valence-corrected chi connectivity index (χ0v) is 21.3. The van der Waals surface area contributed by atoms with Crippen LogP contribution in [0.15, 0.2) is 72.8 Å². The number of hydrogen-bond acceptors (Lipinski definition) is 7. The van der Waals surface area contributed by atoms with Gasteiger partial charge in [-0.25, -0.2) is 0 Å². The van der Waals surface area contributed by atoms with E-state index in [0.29, 0.717) is 41.8 Å². The number of rotatable bonds is 10. The van der Waals surface area contributed by atoms with Crippen molar-refractivity contribution in [2.75, 3.05) is 13.2 Å². The van der Waals surface area contributed by atoms with Crippen LogP contribution < -0.4 is 9.47 Å². The van der Waals surface area contributed by atoms with Gasteiger partial charge in [-0.1, -0.05) is 26.0 Å². The SMILES string of the molecule is CCOc1cc(C2C(=C(O)c3ccncc3)C(=O)C(=O)N2Cc2cccnc2)ccc1OCCC(C)C. The molecule has 8 nitrogen and oxygen atoms in total. The van der Waals surface area contributed by atoms with Gasteiger partial charge in [-0.05, 0) is 60.7 Å². The Morgan fingerprint density at radius 3 is 2.49 bits per heavy atom. The Balaban J connectivity index is 1.81. The number of nitrogens with zero attached hydrogens (tertiary/aromatic N) is 3. The summed E-state index contributed by atoms with van der Waals surface area (Å²) < 4.78 is 11.8. The third-order valence-electron chi connectivity index (χ3n) is 6.11. The number of benzene rings is 1. The molecule has 1 fully saturated rings. The number of Topliss-reactive ketones (excluding diaryl/α,β-unsaturated/α-hetero) is 1. The highest BCUT2D eigenvalue weighted by molar-refractivity contribution is 6.46. The molecule has 1 aliphatic rings. The average molecular weight is 502 g/mol. The standard InChI is InChI=1S/C29H31N3O5/c1-4-36-24-16-22(7-8-23(24)37-15-11-19(2)3)26-25(27(33)21-9-13-30-14-10-21)28(34)29(35)32(26)18-20-6-5-12-31-17-20/h5-10,12-14,16-17,19,26,33H,4,11,15,18H2,1-3H3. The number of carbonyl (C=O) groups is 2. The highest BCUT2D eigenvalue weighted by atomic mass is 16.5. The number of aliphatic hydroxyl groups is 1. The van der Waals surface area contributed by atoms with Crippen molar-refractivity contribution < 1.29 is 24.2 Å². The molecule has 8 heteroatoms. The molecule has 0 spiro atoms. The van der Waals surface area contributed by atoms with Crippen LogP contribution in [0.25, 0.3) is 5.76 Å². The zero-order valence-electron chi connectivity index (χ0n) is 21.3. The lowest BCUT2D eigenvalue weighted by Gasteiger charge is -2.26. The first-order valence-corrected chi connectivity index (χ1v) is 12.4. The number of pyridine rings is 2. The number of hydrogen-bond donors (Lipinski definition) is 1. The molecule has 1 atom stereocenters. The molecule has 0 radical (unpaired) electrons. The summed E-state index contributed by atoms with van der Waals surface area (Å²) in [7, 11) is 0. The maximum absolute atomic E-state index is 13.3. The first-order chi connectivity index (χ1) is 17.9. The number of carbonyl (C=O) groups excluding carboxylic acids is 2. The second kappa shape index (κ2) is 11.7. The van der Waals surface area contributed by atoms with E-state index in [1.54, 1.807) is 48.8 Å². The number of aliphatic hydroxyl groups excluding tert-OH is 1. The average Bonchev–Trinajstić information content (AvgIpc) is 3.15. The molecule has 0 saturated carbocycles. The van der Waals surface area contributed by atoms with Crippen LogP contribution in [0.3, 0.4) is 0 Å². The molecule has 37 heavy (non-hydrogen) atoms. The topological polar surface area (TPSA) is 102 Å². The van der Waals surface area contributed by atoms with Gasteiger partial charge in [0.25, 0.3) is 11.7 Å². The Labute approximate surface area is 216 Å². The second-order valence-electron chi connectivity index (χ2n) is 9.19. The Kier molecular flexibility index (Phi) is 8.18. The quantitative estimate of drug-likeness (QED) is 0.239. The summed E-state index contributed by atoms with van der Waals surface area (Å²) in [5, 5.41) is 11.2. The van der Waals surface area contributed by atoms with E-state index in [1.807, 2.05) is 13.0 Å². The Bertz CT molecular complexity index is 1280. The van der Waals surface area contributed by atoms with E-state index in [-0.39, 0.29) is 17.9 Å². The molecule has 4 rings (SSSR count). The van der Waals surface area contributed by atoms with Gasteiger partial charge in [0.15, 0.2) is 11.5 Å². The molecule has 1 aliphatic heterocycles. The smallest absolute Gasteiger partial charge is 0.295 e. The monoisotopic (exact) mass is 501 g/mol. The van der Waals surface area contributed by atoms with Crippen LogP contribution in [-0.2, 0) is 16.1 Å². The van der Waals surface area contributed by atoms with Gasteiger partial charge < -0.3 is 19.5 Å². The molecule has 1 saturated heterocycles. The van der Waals surface area contributed by atoms with E-state index in [1.165, 1.54) is 17.3 Å². The Hall–Kier alpha value is -4.20. The summed E-state index contributed by atoms with van der Waals surface area (Å²) in [6.45, 7) is 7.23. The third-order valence-corrected chi connectivity index (χ3v) is 6.11. The minimum atomic E-state index is -0.836. The predicted molar refractivity (Wildman–Crippen MR) is 139 cm³/mol. The van der Waals surface area contributed by atoms with Gasteiger partial charge >= 0.3 is 0 Å². The lowest BCUT2D eigenvalue weighted by Crippen LogP contribution is -2.29. The second-order valence-corrected chi connectivity index (χ2v) is 9.19. The van der Waals surface area contributed by atoms with E-state index < -0.39 is 17.7 Å². The van der Waals surface area contributed by atoms with Crippen molar-refractivity contribution in [2.45, 2.75) is 39.8 Å². The fourth-order valence-electron chi connectivity index (χ4n) is 4.23. The molecular formula is C29H31N3O5. The highest BCUT2D eigenvalue weighted by Gasteiger charge is 2.46. The molecule has 1 N–H and O–H groups in total. The van der Waals surface area contributed by atoms with Crippen LogP contribution in [-0.4, -0.2) is 44.9 Å². The van der Waals surface area contributed by atoms with E-state index >= 15 is 0 Å². The highest BCUT2D eigenvalue weighted by Crippen LogP contribution is 2.42. The summed E-state index contributed by atoms with van der Waals surface area (Å²) in [5.74, 6) is -0.104. The first kappa shape index (κ1) is 25.9. The van der Waals surface area contributed by atoms with E-state index in [2.05, 4.69) is 23.8 Å². The Morgan fingerprint density at radius 2 is 1.81 bits per heavy atom. The lowest BCUT2D eigenvalue weighted by atomic mass is 9.95. The molecule has 1 amide bonds. The lowest BCUT2D eigenvalue weighted by molar-refractivity contribution is -0.140. The first-order valence-electron chi connectivity index (χ1n) is 12.4. The van der Waals surface area contributed by atoms with Crippen LogP contribution in [0.1, 0.15) is 49.9 Å². The predicted octanol–water partition coefficient (Wildman–Crippen LogP) is 4.92. The summed E-state index contributed by atoms with van der Waals surface area (Å²) >= 11 is 0. The number of amides is 1. The number of aromatic nitrogens is 2. The summed E-state index contributed by atoms with van der Waals surface area (Å²) in [6, 6.07) is 11.3. The van der Waals surface area contributed by atoms with Gasteiger partial charge in [0.05, 0.1) is 24.8 Å². The number of ketones is 1. The maximum atomic E-state index is 13.3. The van der Waals surface area contributed by atoms with Crippen molar-refractivity contribution in [3.63, 3.8) is 0 Å². The molecule has 0 aliphatic carbocycles. The van der Waals surface area contributed by atoms with Crippen molar-refractivity contribution in [3.05, 3.63) is 89.5 Å². The third kappa shape index (κ3) is 5.80. The van der Waals surface area contributed by atoms with Crippen molar-refractivity contribution >= 4 is 17.4 Å². The fourth-order valence-corrected chi connectivity index (χ4v) is 4.23. The molecule has 3 aromatic rings. The van der Waals surface area contributed by atoms with E-state index in [4.69, 9.17) is 9.47 Å². The molecule has 3 heterocycles. The normalized spacial score (nSPS) is 16.9. The molecule has 192 valence electrons.